The quantitative estimate of drug-likeness (QED) is 0.880. The summed E-state index contributed by atoms with van der Waals surface area (Å²) in [6, 6.07) is 7.71. The molecule has 2 rings (SSSR count). The highest BCUT2D eigenvalue weighted by molar-refractivity contribution is 9.08. The zero-order valence-corrected chi connectivity index (χ0v) is 11.6. The van der Waals surface area contributed by atoms with Crippen molar-refractivity contribution in [2.75, 3.05) is 5.32 Å². The summed E-state index contributed by atoms with van der Waals surface area (Å²) < 4.78 is 0. The van der Waals surface area contributed by atoms with Crippen molar-refractivity contribution < 1.29 is 4.79 Å². The molecular weight excluding hydrogens is 300 g/mol. The fraction of sp³-hybridized carbons (Fsp3) is 0.167. The molecule has 0 fully saturated rings. The lowest BCUT2D eigenvalue weighted by molar-refractivity contribution is 0.102. The third-order valence-electron chi connectivity index (χ3n) is 2.19. The predicted octanol–water partition coefficient (Wildman–Crippen LogP) is 3.60. The molecule has 1 heterocycles. The van der Waals surface area contributed by atoms with Crippen LogP contribution in [0.15, 0.2) is 29.6 Å². The number of carbonyl (C=O) groups excluding carboxylic acids is 1. The van der Waals surface area contributed by atoms with E-state index in [1.807, 2.05) is 31.2 Å². The van der Waals surface area contributed by atoms with E-state index in [0.29, 0.717) is 5.69 Å². The summed E-state index contributed by atoms with van der Waals surface area (Å²) in [5.41, 5.74) is 2.38. The molecule has 0 aliphatic heterocycles. The van der Waals surface area contributed by atoms with Gasteiger partial charge in [0.25, 0.3) is 5.91 Å². The number of halogens is 1. The second-order valence-corrected chi connectivity index (χ2v) is 5.16. The zero-order valence-electron chi connectivity index (χ0n) is 9.24. The summed E-state index contributed by atoms with van der Waals surface area (Å²) >= 11 is 4.85. The normalized spacial score (nSPS) is 10.2. The standard InChI is InChI=1S/C12H11BrN2OS/c1-8-14-11(7-17-8)12(16)15-10-4-2-3-9(5-10)6-13/h2-5,7H,6H2,1H3,(H,15,16). The predicted molar refractivity (Wildman–Crippen MR) is 73.9 cm³/mol. The first-order chi connectivity index (χ1) is 8.19. The molecule has 3 nitrogen and oxygen atoms in total. The monoisotopic (exact) mass is 310 g/mol. The van der Waals surface area contributed by atoms with Crippen LogP contribution in [0.25, 0.3) is 0 Å². The van der Waals surface area contributed by atoms with Crippen molar-refractivity contribution >= 4 is 38.9 Å². The van der Waals surface area contributed by atoms with Crippen molar-refractivity contribution in [3.8, 4) is 0 Å². The van der Waals surface area contributed by atoms with Crippen molar-refractivity contribution in [1.29, 1.82) is 0 Å². The van der Waals surface area contributed by atoms with Gasteiger partial charge in [0.2, 0.25) is 0 Å². The second-order valence-electron chi connectivity index (χ2n) is 3.54. The molecule has 1 amide bonds. The number of anilines is 1. The highest BCUT2D eigenvalue weighted by atomic mass is 79.9. The van der Waals surface area contributed by atoms with Crippen molar-refractivity contribution in [1.82, 2.24) is 4.98 Å². The number of alkyl halides is 1. The van der Waals surface area contributed by atoms with Gasteiger partial charge in [0.15, 0.2) is 0 Å². The van der Waals surface area contributed by atoms with Gasteiger partial charge < -0.3 is 5.32 Å². The van der Waals surface area contributed by atoms with E-state index in [9.17, 15) is 4.79 Å². The SMILES string of the molecule is Cc1nc(C(=O)Nc2cccc(CBr)c2)cs1. The molecule has 1 N–H and O–H groups in total. The van der Waals surface area contributed by atoms with Crippen molar-refractivity contribution in [3.63, 3.8) is 0 Å². The minimum atomic E-state index is -0.166. The second kappa shape index (κ2) is 5.42. The Morgan fingerprint density at radius 2 is 2.35 bits per heavy atom. The topological polar surface area (TPSA) is 42.0 Å². The Morgan fingerprint density at radius 3 is 3.00 bits per heavy atom. The fourth-order valence-corrected chi connectivity index (χ4v) is 2.34. The van der Waals surface area contributed by atoms with Crippen LogP contribution in [0.5, 0.6) is 0 Å². The summed E-state index contributed by atoms with van der Waals surface area (Å²) in [5, 5.41) is 6.26. The lowest BCUT2D eigenvalue weighted by Crippen LogP contribution is -2.12. The van der Waals surface area contributed by atoms with Gasteiger partial charge in [-0.15, -0.1) is 11.3 Å². The number of rotatable bonds is 3. The summed E-state index contributed by atoms with van der Waals surface area (Å²) in [6.07, 6.45) is 0. The van der Waals surface area contributed by atoms with E-state index in [0.717, 1.165) is 21.6 Å². The number of aromatic nitrogens is 1. The average Bonchev–Trinajstić information content (AvgIpc) is 2.76. The molecule has 0 unspecified atom stereocenters. The van der Waals surface area contributed by atoms with E-state index < -0.39 is 0 Å². The van der Waals surface area contributed by atoms with Gasteiger partial charge in [-0.05, 0) is 24.6 Å². The molecular formula is C12H11BrN2OS. The molecule has 0 saturated heterocycles. The van der Waals surface area contributed by atoms with Gasteiger partial charge >= 0.3 is 0 Å². The van der Waals surface area contributed by atoms with Crippen molar-refractivity contribution in [2.24, 2.45) is 0 Å². The summed E-state index contributed by atoms with van der Waals surface area (Å²) in [4.78, 5) is 16.0. The molecule has 17 heavy (non-hydrogen) atoms. The number of carbonyl (C=O) groups is 1. The molecule has 88 valence electrons. The van der Waals surface area contributed by atoms with E-state index in [1.54, 1.807) is 5.38 Å². The molecule has 2 aromatic rings. The smallest absolute Gasteiger partial charge is 0.275 e. The van der Waals surface area contributed by atoms with Gasteiger partial charge in [-0.25, -0.2) is 4.98 Å². The van der Waals surface area contributed by atoms with E-state index in [-0.39, 0.29) is 5.91 Å². The first-order valence-corrected chi connectivity index (χ1v) is 7.07. The van der Waals surface area contributed by atoms with Gasteiger partial charge in [-0.3, -0.25) is 4.79 Å². The molecule has 0 saturated carbocycles. The highest BCUT2D eigenvalue weighted by Gasteiger charge is 2.09. The molecule has 0 radical (unpaired) electrons. The van der Waals surface area contributed by atoms with Gasteiger partial charge in [0, 0.05) is 16.4 Å². The van der Waals surface area contributed by atoms with Crippen molar-refractivity contribution in [2.45, 2.75) is 12.3 Å². The van der Waals surface area contributed by atoms with Gasteiger partial charge in [0.1, 0.15) is 5.69 Å². The third-order valence-corrected chi connectivity index (χ3v) is 3.61. The number of nitrogens with one attached hydrogen (secondary N) is 1. The molecule has 0 atom stereocenters. The van der Waals surface area contributed by atoms with Crippen molar-refractivity contribution in [3.05, 3.63) is 45.9 Å². The Kier molecular flexibility index (Phi) is 3.91. The number of amides is 1. The molecule has 0 bridgehead atoms. The maximum absolute atomic E-state index is 11.8. The fourth-order valence-electron chi connectivity index (χ4n) is 1.40. The van der Waals surface area contributed by atoms with Crippen LogP contribution in [0.2, 0.25) is 0 Å². The van der Waals surface area contributed by atoms with Gasteiger partial charge in [-0.2, -0.15) is 0 Å². The number of hydrogen-bond donors (Lipinski definition) is 1. The molecule has 0 aliphatic rings. The molecule has 0 spiro atoms. The van der Waals surface area contributed by atoms with Gasteiger partial charge in [-0.1, -0.05) is 28.1 Å². The maximum atomic E-state index is 11.8. The van der Waals surface area contributed by atoms with Gasteiger partial charge in [0.05, 0.1) is 5.01 Å². The van der Waals surface area contributed by atoms with Crippen LogP contribution in [0.3, 0.4) is 0 Å². The summed E-state index contributed by atoms with van der Waals surface area (Å²) in [6.45, 7) is 1.88. The van der Waals surface area contributed by atoms with E-state index in [4.69, 9.17) is 0 Å². The summed E-state index contributed by atoms with van der Waals surface area (Å²) in [7, 11) is 0. The van der Waals surface area contributed by atoms with E-state index in [2.05, 4.69) is 26.2 Å². The minimum Gasteiger partial charge on any atom is -0.321 e. The lowest BCUT2D eigenvalue weighted by Gasteiger charge is -2.04. The van der Waals surface area contributed by atoms with E-state index >= 15 is 0 Å². The number of thiazole rings is 1. The number of nitrogens with zero attached hydrogens (tertiary/aromatic N) is 1. The molecule has 5 heteroatoms. The Morgan fingerprint density at radius 1 is 1.53 bits per heavy atom. The Hall–Kier alpha value is -1.20. The maximum Gasteiger partial charge on any atom is 0.275 e. The lowest BCUT2D eigenvalue weighted by atomic mass is 10.2. The van der Waals surface area contributed by atoms with Crippen LogP contribution in [-0.2, 0) is 5.33 Å². The zero-order chi connectivity index (χ0) is 12.3. The minimum absolute atomic E-state index is 0.166. The number of aryl methyl sites for hydroxylation is 1. The summed E-state index contributed by atoms with van der Waals surface area (Å²) in [5.74, 6) is -0.166. The van der Waals surface area contributed by atoms with Crippen LogP contribution >= 0.6 is 27.3 Å². The largest absolute Gasteiger partial charge is 0.321 e. The first kappa shape index (κ1) is 12.3. The Bertz CT molecular complexity index is 539. The molecule has 1 aromatic carbocycles. The van der Waals surface area contributed by atoms with Crippen LogP contribution < -0.4 is 5.32 Å². The Balaban J connectivity index is 2.12. The van der Waals surface area contributed by atoms with Crippen LogP contribution in [0.1, 0.15) is 21.1 Å². The third kappa shape index (κ3) is 3.14. The number of hydrogen-bond acceptors (Lipinski definition) is 3. The van der Waals surface area contributed by atoms with Crippen LogP contribution in [0.4, 0.5) is 5.69 Å². The van der Waals surface area contributed by atoms with Crippen LogP contribution in [0, 0.1) is 6.92 Å². The average molecular weight is 311 g/mol. The molecule has 1 aromatic heterocycles. The highest BCUT2D eigenvalue weighted by Crippen LogP contribution is 2.15. The molecule has 0 aliphatic carbocycles. The first-order valence-electron chi connectivity index (χ1n) is 5.07. The van der Waals surface area contributed by atoms with E-state index in [1.165, 1.54) is 11.3 Å². The van der Waals surface area contributed by atoms with Crippen LogP contribution in [-0.4, -0.2) is 10.9 Å². The Labute approximate surface area is 112 Å². The number of benzene rings is 1.